The van der Waals surface area contributed by atoms with Crippen molar-refractivity contribution in [1.82, 2.24) is 0 Å². The summed E-state index contributed by atoms with van der Waals surface area (Å²) < 4.78 is 15.3. The Morgan fingerprint density at radius 2 is 0.903 bits per heavy atom. The van der Waals surface area contributed by atoms with E-state index in [9.17, 15) is 0 Å². The van der Waals surface area contributed by atoms with Crippen LogP contribution in [0, 0.1) is 0 Å². The van der Waals surface area contributed by atoms with Crippen molar-refractivity contribution in [1.29, 1.82) is 0 Å². The second-order valence-electron chi connectivity index (χ2n) is 16.0. The van der Waals surface area contributed by atoms with Gasteiger partial charge in [-0.1, -0.05) is 133 Å². The maximum Gasteiger partial charge on any atom is 0.136 e. The quantitative estimate of drug-likeness (QED) is 0.168. The van der Waals surface area contributed by atoms with Crippen molar-refractivity contribution in [3.05, 3.63) is 212 Å². The minimum atomic E-state index is 0.883. The predicted molar refractivity (Wildman–Crippen MR) is 262 cm³/mol. The molecule has 3 aromatic heterocycles. The average molecular weight is 810 g/mol. The molecule has 290 valence electrons. The summed E-state index contributed by atoms with van der Waals surface area (Å²) in [7, 11) is 0. The highest BCUT2D eigenvalue weighted by Gasteiger charge is 2.20. The molecule has 62 heavy (non-hydrogen) atoms. The average Bonchev–Trinajstić information content (AvgIpc) is 4.02. The van der Waals surface area contributed by atoms with E-state index >= 15 is 0 Å². The molecule has 3 heterocycles. The van der Waals surface area contributed by atoms with E-state index in [1.165, 1.54) is 42.1 Å². The molecule has 4 heteroatoms. The maximum atomic E-state index is 6.43. The normalized spacial score (nSPS) is 11.9. The molecule has 0 unspecified atom stereocenters. The molecule has 0 spiro atoms. The fourth-order valence-electron chi connectivity index (χ4n) is 9.44. The molecular formula is C58H35NO2S. The van der Waals surface area contributed by atoms with Gasteiger partial charge < -0.3 is 13.7 Å². The van der Waals surface area contributed by atoms with Crippen LogP contribution in [-0.4, -0.2) is 0 Å². The van der Waals surface area contributed by atoms with Gasteiger partial charge in [0.2, 0.25) is 0 Å². The first kappa shape index (κ1) is 34.9. The second-order valence-corrected chi connectivity index (χ2v) is 17.1. The van der Waals surface area contributed by atoms with Gasteiger partial charge in [-0.05, 0) is 117 Å². The third-order valence-electron chi connectivity index (χ3n) is 12.5. The Morgan fingerprint density at radius 1 is 0.323 bits per heavy atom. The van der Waals surface area contributed by atoms with Crippen LogP contribution < -0.4 is 4.90 Å². The number of para-hydroxylation sites is 2. The Morgan fingerprint density at radius 3 is 1.74 bits per heavy atom. The van der Waals surface area contributed by atoms with Crippen molar-refractivity contribution < 1.29 is 8.83 Å². The van der Waals surface area contributed by atoms with Gasteiger partial charge in [-0.15, -0.1) is 11.3 Å². The fraction of sp³-hybridized carbons (Fsp3) is 0. The topological polar surface area (TPSA) is 29.5 Å². The SMILES string of the molecule is c1ccc(N(c2ccc(-c3ccc4c(c3)oc3ccccc34)cc2)c2ccc(-c3cccc4c3sc3ccccc34)cc2)c(-c2ccc3oc4cc5ccccc5cc4c3c2)c1. The monoisotopic (exact) mass is 809 g/mol. The number of nitrogens with zero attached hydrogens (tertiary/aromatic N) is 1. The standard InChI is InChI=1S/C58H35NO2S/c1-2-11-39-34-56-51(32-38(39)10-1)50-33-41(25-31-54(50)61-56)44-12-3-6-17-52(44)59(42-26-20-36(21-27-42)40-24-30-47-46-13-4-7-18-53(46)60-55(47)35-40)43-28-22-37(23-29-43)45-15-9-16-49-48-14-5-8-19-57(48)62-58(45)49/h1-35H. The van der Waals surface area contributed by atoms with Gasteiger partial charge in [0.25, 0.3) is 0 Å². The summed E-state index contributed by atoms with van der Waals surface area (Å²) in [4.78, 5) is 2.39. The van der Waals surface area contributed by atoms with Crippen molar-refractivity contribution in [2.24, 2.45) is 0 Å². The van der Waals surface area contributed by atoms with Crippen molar-refractivity contribution >= 4 is 103 Å². The molecule has 0 aliphatic carbocycles. The van der Waals surface area contributed by atoms with Crippen molar-refractivity contribution in [3.63, 3.8) is 0 Å². The molecule has 0 N–H and O–H groups in total. The maximum absolute atomic E-state index is 6.43. The van der Waals surface area contributed by atoms with E-state index < -0.39 is 0 Å². The zero-order valence-electron chi connectivity index (χ0n) is 33.4. The van der Waals surface area contributed by atoms with Crippen LogP contribution in [0.25, 0.3) is 108 Å². The number of benzene rings is 10. The van der Waals surface area contributed by atoms with Gasteiger partial charge in [0.1, 0.15) is 22.3 Å². The molecule has 0 saturated carbocycles. The number of furan rings is 2. The second kappa shape index (κ2) is 13.8. The van der Waals surface area contributed by atoms with Gasteiger partial charge in [-0.3, -0.25) is 0 Å². The van der Waals surface area contributed by atoms with Crippen molar-refractivity contribution in [2.45, 2.75) is 0 Å². The Hall–Kier alpha value is -7.92. The lowest BCUT2D eigenvalue weighted by molar-refractivity contribution is 0.669. The first-order valence-corrected chi connectivity index (χ1v) is 21.8. The van der Waals surface area contributed by atoms with Crippen LogP contribution >= 0.6 is 11.3 Å². The summed E-state index contributed by atoms with van der Waals surface area (Å²) in [6.45, 7) is 0. The van der Waals surface area contributed by atoms with E-state index in [-0.39, 0.29) is 0 Å². The van der Waals surface area contributed by atoms with Crippen LogP contribution in [-0.2, 0) is 0 Å². The summed E-state index contributed by atoms with van der Waals surface area (Å²) in [5.74, 6) is 0. The molecule has 0 saturated heterocycles. The van der Waals surface area contributed by atoms with Gasteiger partial charge in [0.05, 0.1) is 5.69 Å². The Balaban J connectivity index is 0.945. The van der Waals surface area contributed by atoms with Gasteiger partial charge in [0.15, 0.2) is 0 Å². The smallest absolute Gasteiger partial charge is 0.136 e. The van der Waals surface area contributed by atoms with E-state index in [2.05, 4.69) is 205 Å². The molecule has 10 aromatic carbocycles. The molecule has 13 aromatic rings. The summed E-state index contributed by atoms with van der Waals surface area (Å²) in [6, 6.07) is 76.4. The van der Waals surface area contributed by atoms with Crippen LogP contribution in [0.2, 0.25) is 0 Å². The van der Waals surface area contributed by atoms with Gasteiger partial charge in [-0.25, -0.2) is 0 Å². The predicted octanol–water partition coefficient (Wildman–Crippen LogP) is 17.5. The number of fused-ring (bicyclic) bond motifs is 10. The highest BCUT2D eigenvalue weighted by atomic mass is 32.1. The molecule has 13 rings (SSSR count). The molecule has 0 amide bonds. The van der Waals surface area contributed by atoms with Crippen molar-refractivity contribution in [2.75, 3.05) is 4.90 Å². The highest BCUT2D eigenvalue weighted by Crippen LogP contribution is 2.45. The summed E-state index contributed by atoms with van der Waals surface area (Å²) in [6.07, 6.45) is 0. The Kier molecular flexibility index (Phi) is 7.78. The lowest BCUT2D eigenvalue weighted by Gasteiger charge is -2.28. The molecule has 0 atom stereocenters. The van der Waals surface area contributed by atoms with Crippen LogP contribution in [0.5, 0.6) is 0 Å². The van der Waals surface area contributed by atoms with Gasteiger partial charge in [0, 0.05) is 58.7 Å². The first-order chi connectivity index (χ1) is 30.7. The zero-order valence-corrected chi connectivity index (χ0v) is 34.2. The largest absolute Gasteiger partial charge is 0.456 e. The molecule has 0 aliphatic heterocycles. The summed E-state index contributed by atoms with van der Waals surface area (Å²) in [5, 5.41) is 9.48. The van der Waals surface area contributed by atoms with E-state index in [0.29, 0.717) is 0 Å². The molecule has 3 nitrogen and oxygen atoms in total. The Bertz CT molecular complexity index is 3870. The fourth-order valence-corrected chi connectivity index (χ4v) is 10.7. The number of hydrogen-bond donors (Lipinski definition) is 0. The van der Waals surface area contributed by atoms with Crippen molar-refractivity contribution in [3.8, 4) is 33.4 Å². The lowest BCUT2D eigenvalue weighted by Crippen LogP contribution is -2.11. The third-order valence-corrected chi connectivity index (χ3v) is 13.7. The van der Waals surface area contributed by atoms with Crippen LogP contribution in [0.1, 0.15) is 0 Å². The lowest BCUT2D eigenvalue weighted by atomic mass is 9.98. The molecule has 0 radical (unpaired) electrons. The number of hydrogen-bond acceptors (Lipinski definition) is 4. The third kappa shape index (κ3) is 5.58. The van der Waals surface area contributed by atoms with Crippen LogP contribution in [0.15, 0.2) is 221 Å². The Labute approximate surface area is 360 Å². The molecule has 0 fully saturated rings. The van der Waals surface area contributed by atoms with Crippen LogP contribution in [0.4, 0.5) is 17.1 Å². The summed E-state index contributed by atoms with van der Waals surface area (Å²) in [5.41, 5.74) is 13.7. The zero-order chi connectivity index (χ0) is 40.7. The minimum absolute atomic E-state index is 0.883. The number of rotatable bonds is 6. The van der Waals surface area contributed by atoms with E-state index in [4.69, 9.17) is 8.83 Å². The number of thiophene rings is 1. The van der Waals surface area contributed by atoms with E-state index in [0.717, 1.165) is 83.2 Å². The first-order valence-electron chi connectivity index (χ1n) is 21.0. The molecule has 0 aliphatic rings. The van der Waals surface area contributed by atoms with E-state index in [1.807, 2.05) is 23.5 Å². The molecule has 0 bridgehead atoms. The van der Waals surface area contributed by atoms with E-state index in [1.54, 1.807) is 0 Å². The van der Waals surface area contributed by atoms with Gasteiger partial charge >= 0.3 is 0 Å². The number of anilines is 3. The summed E-state index contributed by atoms with van der Waals surface area (Å²) >= 11 is 1.87. The minimum Gasteiger partial charge on any atom is -0.456 e. The highest BCUT2D eigenvalue weighted by molar-refractivity contribution is 7.26. The van der Waals surface area contributed by atoms with Gasteiger partial charge in [-0.2, -0.15) is 0 Å². The van der Waals surface area contributed by atoms with Crippen LogP contribution in [0.3, 0.4) is 0 Å². The molecular weight excluding hydrogens is 775 g/mol.